The lowest BCUT2D eigenvalue weighted by atomic mass is 9.98. The predicted molar refractivity (Wildman–Crippen MR) is 126 cm³/mol. The molecule has 1 aliphatic carbocycles. The van der Waals surface area contributed by atoms with Gasteiger partial charge >= 0.3 is 6.09 Å². The molecular formula is C27H28FNO5. The van der Waals surface area contributed by atoms with Gasteiger partial charge in [-0.15, -0.1) is 0 Å². The van der Waals surface area contributed by atoms with E-state index < -0.39 is 24.1 Å². The number of alkyl carbamates (subject to hydrolysis) is 1. The minimum absolute atomic E-state index is 0.0258. The number of halogens is 1. The average Bonchev–Trinajstić information content (AvgIpc) is 3.16. The van der Waals surface area contributed by atoms with Gasteiger partial charge in [0, 0.05) is 24.1 Å². The fourth-order valence-electron chi connectivity index (χ4n) is 4.34. The standard InChI is InChI=1S/C27H28FNO5/c1-2-33-17-11-12-22(24(28)15-17)26(31)25(30)13-14-29-27(32)34-16-23-20-9-5-3-7-18(20)19-8-4-6-10-21(19)23/h3-12,15,23,25-26,30-31H,2,13-14,16H2,1H3,(H,29,32). The van der Waals surface area contributed by atoms with E-state index in [4.69, 9.17) is 9.47 Å². The molecule has 0 radical (unpaired) electrons. The number of hydrogen-bond donors (Lipinski definition) is 3. The number of benzene rings is 3. The second-order valence-electron chi connectivity index (χ2n) is 8.17. The molecule has 1 amide bonds. The first-order valence-corrected chi connectivity index (χ1v) is 11.4. The van der Waals surface area contributed by atoms with E-state index in [2.05, 4.69) is 17.4 Å². The Morgan fingerprint density at radius 1 is 1.03 bits per heavy atom. The molecule has 3 aromatic carbocycles. The van der Waals surface area contributed by atoms with Crippen molar-refractivity contribution in [2.75, 3.05) is 19.8 Å². The Balaban J connectivity index is 1.27. The lowest BCUT2D eigenvalue weighted by molar-refractivity contribution is 0.0116. The molecule has 178 valence electrons. The Morgan fingerprint density at radius 3 is 2.29 bits per heavy atom. The van der Waals surface area contributed by atoms with E-state index in [0.29, 0.717) is 12.4 Å². The van der Waals surface area contributed by atoms with Crippen molar-refractivity contribution < 1.29 is 28.9 Å². The van der Waals surface area contributed by atoms with Crippen molar-refractivity contribution in [3.05, 3.63) is 89.2 Å². The summed E-state index contributed by atoms with van der Waals surface area (Å²) in [5.41, 5.74) is 4.49. The lowest BCUT2D eigenvalue weighted by Crippen LogP contribution is -2.30. The van der Waals surface area contributed by atoms with Crippen LogP contribution in [0.3, 0.4) is 0 Å². The summed E-state index contributed by atoms with van der Waals surface area (Å²) < 4.78 is 24.9. The zero-order valence-corrected chi connectivity index (χ0v) is 18.9. The summed E-state index contributed by atoms with van der Waals surface area (Å²) in [6.07, 6.45) is -3.28. The maximum Gasteiger partial charge on any atom is 0.407 e. The minimum Gasteiger partial charge on any atom is -0.494 e. The Hall–Kier alpha value is -3.42. The molecule has 0 saturated heterocycles. The van der Waals surface area contributed by atoms with E-state index in [1.807, 2.05) is 36.4 Å². The average molecular weight is 466 g/mol. The molecule has 0 bridgehead atoms. The maximum atomic E-state index is 14.3. The summed E-state index contributed by atoms with van der Waals surface area (Å²) in [4.78, 5) is 12.2. The van der Waals surface area contributed by atoms with E-state index in [9.17, 15) is 19.4 Å². The molecule has 1 aliphatic rings. The third-order valence-electron chi connectivity index (χ3n) is 6.02. The van der Waals surface area contributed by atoms with Crippen LogP contribution in [0.15, 0.2) is 66.7 Å². The lowest BCUT2D eigenvalue weighted by Gasteiger charge is -2.19. The molecule has 3 aromatic rings. The number of nitrogens with one attached hydrogen (secondary N) is 1. The van der Waals surface area contributed by atoms with Crippen LogP contribution in [0.1, 0.15) is 42.1 Å². The highest BCUT2D eigenvalue weighted by Gasteiger charge is 2.29. The first kappa shape index (κ1) is 23.7. The van der Waals surface area contributed by atoms with Crippen LogP contribution < -0.4 is 10.1 Å². The third-order valence-corrected chi connectivity index (χ3v) is 6.02. The van der Waals surface area contributed by atoms with Crippen LogP contribution in [0.5, 0.6) is 5.75 Å². The molecule has 0 fully saturated rings. The number of aliphatic hydroxyl groups is 2. The van der Waals surface area contributed by atoms with E-state index in [1.54, 1.807) is 6.92 Å². The highest BCUT2D eigenvalue weighted by Crippen LogP contribution is 2.44. The van der Waals surface area contributed by atoms with Gasteiger partial charge in [0.05, 0.1) is 12.7 Å². The number of ether oxygens (including phenoxy) is 2. The van der Waals surface area contributed by atoms with E-state index in [-0.39, 0.29) is 31.1 Å². The summed E-state index contributed by atoms with van der Waals surface area (Å²) in [5, 5.41) is 23.2. The topological polar surface area (TPSA) is 88.0 Å². The monoisotopic (exact) mass is 465 g/mol. The number of rotatable bonds is 9. The van der Waals surface area contributed by atoms with Gasteiger partial charge in [0.25, 0.3) is 0 Å². The van der Waals surface area contributed by atoms with Gasteiger partial charge in [-0.2, -0.15) is 0 Å². The van der Waals surface area contributed by atoms with Crippen molar-refractivity contribution in [2.24, 2.45) is 0 Å². The first-order chi connectivity index (χ1) is 16.5. The molecular weight excluding hydrogens is 437 g/mol. The number of carbonyl (C=O) groups excluding carboxylic acids is 1. The van der Waals surface area contributed by atoms with Crippen LogP contribution in [-0.2, 0) is 4.74 Å². The normalized spacial score (nSPS) is 14.1. The number of hydrogen-bond acceptors (Lipinski definition) is 5. The van der Waals surface area contributed by atoms with Gasteiger partial charge in [-0.05, 0) is 47.7 Å². The number of fused-ring (bicyclic) bond motifs is 3. The van der Waals surface area contributed by atoms with Crippen molar-refractivity contribution in [3.8, 4) is 16.9 Å². The highest BCUT2D eigenvalue weighted by molar-refractivity contribution is 5.79. The van der Waals surface area contributed by atoms with Gasteiger partial charge in [0.15, 0.2) is 0 Å². The fraction of sp³-hybridized carbons (Fsp3) is 0.296. The summed E-state index contributed by atoms with van der Waals surface area (Å²) in [5.74, 6) is -0.363. The van der Waals surface area contributed by atoms with Crippen molar-refractivity contribution in [1.82, 2.24) is 5.32 Å². The van der Waals surface area contributed by atoms with Crippen LogP contribution in [0.4, 0.5) is 9.18 Å². The SMILES string of the molecule is CCOc1ccc(C(O)C(O)CCNC(=O)OCC2c3ccccc3-c3ccccc32)c(F)c1. The summed E-state index contributed by atoms with van der Waals surface area (Å²) >= 11 is 0. The molecule has 0 heterocycles. The fourth-order valence-corrected chi connectivity index (χ4v) is 4.34. The number of amides is 1. The Labute approximate surface area is 198 Å². The highest BCUT2D eigenvalue weighted by atomic mass is 19.1. The van der Waals surface area contributed by atoms with Crippen LogP contribution in [0, 0.1) is 5.82 Å². The van der Waals surface area contributed by atoms with Gasteiger partial charge < -0.3 is 25.0 Å². The van der Waals surface area contributed by atoms with Crippen LogP contribution in [-0.4, -0.2) is 42.2 Å². The number of aliphatic hydroxyl groups excluding tert-OH is 2. The first-order valence-electron chi connectivity index (χ1n) is 11.4. The van der Waals surface area contributed by atoms with Gasteiger partial charge in [-0.1, -0.05) is 48.5 Å². The largest absolute Gasteiger partial charge is 0.494 e. The molecule has 2 unspecified atom stereocenters. The van der Waals surface area contributed by atoms with Gasteiger partial charge in [-0.3, -0.25) is 0 Å². The summed E-state index contributed by atoms with van der Waals surface area (Å²) in [7, 11) is 0. The Morgan fingerprint density at radius 2 is 1.68 bits per heavy atom. The zero-order valence-electron chi connectivity index (χ0n) is 18.9. The van der Waals surface area contributed by atoms with Gasteiger partial charge in [-0.25, -0.2) is 9.18 Å². The second kappa shape index (κ2) is 10.7. The van der Waals surface area contributed by atoms with E-state index in [0.717, 1.165) is 22.3 Å². The van der Waals surface area contributed by atoms with Gasteiger partial charge in [0.1, 0.15) is 24.3 Å². The van der Waals surface area contributed by atoms with Gasteiger partial charge in [0.2, 0.25) is 0 Å². The van der Waals surface area contributed by atoms with Crippen molar-refractivity contribution in [1.29, 1.82) is 0 Å². The molecule has 0 aliphatic heterocycles. The smallest absolute Gasteiger partial charge is 0.407 e. The Kier molecular flexibility index (Phi) is 7.45. The Bertz CT molecular complexity index is 1110. The molecule has 0 spiro atoms. The van der Waals surface area contributed by atoms with Crippen molar-refractivity contribution in [3.63, 3.8) is 0 Å². The summed E-state index contributed by atoms with van der Waals surface area (Å²) in [6, 6.07) is 20.2. The molecule has 0 saturated carbocycles. The minimum atomic E-state index is -1.43. The van der Waals surface area contributed by atoms with Crippen LogP contribution in [0.2, 0.25) is 0 Å². The van der Waals surface area contributed by atoms with E-state index in [1.165, 1.54) is 18.2 Å². The van der Waals surface area contributed by atoms with Crippen LogP contribution in [0.25, 0.3) is 11.1 Å². The molecule has 4 rings (SSSR count). The predicted octanol–water partition coefficient (Wildman–Crippen LogP) is 4.55. The quantitative estimate of drug-likeness (QED) is 0.432. The molecule has 6 nitrogen and oxygen atoms in total. The third kappa shape index (κ3) is 5.05. The molecule has 7 heteroatoms. The maximum absolute atomic E-state index is 14.3. The molecule has 2 atom stereocenters. The zero-order chi connectivity index (χ0) is 24.1. The van der Waals surface area contributed by atoms with Crippen molar-refractivity contribution >= 4 is 6.09 Å². The molecule has 0 aromatic heterocycles. The van der Waals surface area contributed by atoms with E-state index >= 15 is 0 Å². The second-order valence-corrected chi connectivity index (χ2v) is 8.17. The molecule has 3 N–H and O–H groups in total. The molecule has 34 heavy (non-hydrogen) atoms. The van der Waals surface area contributed by atoms with Crippen molar-refractivity contribution in [2.45, 2.75) is 31.5 Å². The number of carbonyl (C=O) groups is 1. The summed E-state index contributed by atoms with van der Waals surface area (Å²) in [6.45, 7) is 2.43. The van der Waals surface area contributed by atoms with Crippen LogP contribution >= 0.6 is 0 Å².